The molecule has 5 heteroatoms. The van der Waals surface area contributed by atoms with Gasteiger partial charge in [-0.1, -0.05) is 6.92 Å². The molecule has 0 bridgehead atoms. The van der Waals surface area contributed by atoms with E-state index in [2.05, 4.69) is 22.1 Å². The second-order valence-corrected chi connectivity index (χ2v) is 5.99. The van der Waals surface area contributed by atoms with Gasteiger partial charge in [-0.2, -0.15) is 0 Å². The van der Waals surface area contributed by atoms with Crippen molar-refractivity contribution in [2.45, 2.75) is 44.4 Å². The average Bonchev–Trinajstić information content (AvgIpc) is 2.97. The Balaban J connectivity index is 1.77. The van der Waals surface area contributed by atoms with Crippen molar-refractivity contribution < 1.29 is 9.13 Å². The van der Waals surface area contributed by atoms with E-state index in [1.165, 1.54) is 19.0 Å². The van der Waals surface area contributed by atoms with Gasteiger partial charge in [0.25, 0.3) is 0 Å². The Bertz CT molecular complexity index is 471. The van der Waals surface area contributed by atoms with E-state index in [9.17, 15) is 4.39 Å². The van der Waals surface area contributed by atoms with E-state index in [0.29, 0.717) is 11.6 Å². The number of nitrogens with one attached hydrogen (secondary N) is 1. The molecule has 4 nitrogen and oxygen atoms in total. The van der Waals surface area contributed by atoms with Crippen LogP contribution < -0.4 is 5.32 Å². The fourth-order valence-electron chi connectivity index (χ4n) is 3.42. The summed E-state index contributed by atoms with van der Waals surface area (Å²) < 4.78 is 20.2. The molecule has 3 unspecified atom stereocenters. The molecular formula is C16H24FN3O. The lowest BCUT2D eigenvalue weighted by Crippen LogP contribution is -2.51. The molecule has 0 aliphatic carbocycles. The maximum absolute atomic E-state index is 14.1. The van der Waals surface area contributed by atoms with E-state index >= 15 is 0 Å². The van der Waals surface area contributed by atoms with Crippen molar-refractivity contribution in [2.24, 2.45) is 0 Å². The number of aromatic nitrogens is 1. The van der Waals surface area contributed by atoms with Gasteiger partial charge in [0.05, 0.1) is 24.9 Å². The molecule has 2 fully saturated rings. The Kier molecular flexibility index (Phi) is 4.83. The predicted octanol–water partition coefficient (Wildman–Crippen LogP) is 2.12. The van der Waals surface area contributed by atoms with Crippen LogP contribution >= 0.6 is 0 Å². The first-order chi connectivity index (χ1) is 10.3. The number of nitrogens with zero attached hydrogens (tertiary/aromatic N) is 2. The molecule has 3 rings (SSSR count). The fraction of sp³-hybridized carbons (Fsp3) is 0.688. The van der Waals surface area contributed by atoms with Crippen LogP contribution in [0, 0.1) is 5.82 Å². The number of ether oxygens (including phenoxy) is 1. The largest absolute Gasteiger partial charge is 0.373 e. The lowest BCUT2D eigenvalue weighted by molar-refractivity contribution is -0.0657. The number of pyridine rings is 1. The predicted molar refractivity (Wildman–Crippen MR) is 79.6 cm³/mol. The minimum absolute atomic E-state index is 0.00259. The molecule has 0 radical (unpaired) electrons. The maximum Gasteiger partial charge on any atom is 0.146 e. The highest BCUT2D eigenvalue weighted by atomic mass is 19.1. The van der Waals surface area contributed by atoms with Crippen molar-refractivity contribution >= 4 is 0 Å². The molecule has 3 atom stereocenters. The smallest absolute Gasteiger partial charge is 0.146 e. The van der Waals surface area contributed by atoms with Crippen molar-refractivity contribution in [3.63, 3.8) is 0 Å². The van der Waals surface area contributed by atoms with Gasteiger partial charge in [-0.3, -0.25) is 9.88 Å². The highest BCUT2D eigenvalue weighted by Gasteiger charge is 2.36. The summed E-state index contributed by atoms with van der Waals surface area (Å²) in [6, 6.07) is 2.23. The highest BCUT2D eigenvalue weighted by molar-refractivity contribution is 5.19. The highest BCUT2D eigenvalue weighted by Crippen LogP contribution is 2.29. The van der Waals surface area contributed by atoms with Gasteiger partial charge >= 0.3 is 0 Å². The molecule has 2 saturated heterocycles. The third kappa shape index (κ3) is 3.25. The molecule has 1 N–H and O–H groups in total. The molecule has 116 valence electrons. The summed E-state index contributed by atoms with van der Waals surface area (Å²) >= 11 is 0. The summed E-state index contributed by atoms with van der Waals surface area (Å²) in [6.45, 7) is 5.76. The first-order valence-electron chi connectivity index (χ1n) is 7.98. The quantitative estimate of drug-likeness (QED) is 0.902. The lowest BCUT2D eigenvalue weighted by Gasteiger charge is -2.39. The molecule has 0 spiro atoms. The van der Waals surface area contributed by atoms with E-state index in [0.717, 1.165) is 32.7 Å². The van der Waals surface area contributed by atoms with E-state index in [1.54, 1.807) is 12.3 Å². The minimum atomic E-state index is -0.252. The number of hydrogen-bond donors (Lipinski definition) is 1. The van der Waals surface area contributed by atoms with Crippen LogP contribution in [0.4, 0.5) is 4.39 Å². The summed E-state index contributed by atoms with van der Waals surface area (Å²) in [6.07, 6.45) is 6.43. The topological polar surface area (TPSA) is 37.4 Å². The van der Waals surface area contributed by atoms with Gasteiger partial charge in [0.2, 0.25) is 0 Å². The molecule has 0 amide bonds. The SMILES string of the molecule is CCCNC(c1ccncc1F)C1CN2CCCC2CO1. The minimum Gasteiger partial charge on any atom is -0.373 e. The number of fused-ring (bicyclic) bond motifs is 1. The number of rotatable bonds is 5. The van der Waals surface area contributed by atoms with Gasteiger partial charge in [0, 0.05) is 24.3 Å². The van der Waals surface area contributed by atoms with Gasteiger partial charge < -0.3 is 10.1 Å². The Morgan fingerprint density at radius 2 is 2.48 bits per heavy atom. The third-order valence-electron chi connectivity index (χ3n) is 4.54. The van der Waals surface area contributed by atoms with Crippen LogP contribution in [0.5, 0.6) is 0 Å². The van der Waals surface area contributed by atoms with Crippen LogP contribution in [-0.4, -0.2) is 48.3 Å². The second-order valence-electron chi connectivity index (χ2n) is 5.99. The Morgan fingerprint density at radius 1 is 1.57 bits per heavy atom. The van der Waals surface area contributed by atoms with Crippen molar-refractivity contribution in [3.8, 4) is 0 Å². The zero-order valence-electron chi connectivity index (χ0n) is 12.6. The first-order valence-corrected chi connectivity index (χ1v) is 7.98. The van der Waals surface area contributed by atoms with Gasteiger partial charge in [0.15, 0.2) is 0 Å². The van der Waals surface area contributed by atoms with E-state index in [-0.39, 0.29) is 18.0 Å². The zero-order valence-corrected chi connectivity index (χ0v) is 12.6. The summed E-state index contributed by atoms with van der Waals surface area (Å²) in [4.78, 5) is 6.35. The van der Waals surface area contributed by atoms with E-state index in [4.69, 9.17) is 4.74 Å². The molecule has 2 aliphatic rings. The van der Waals surface area contributed by atoms with Crippen LogP contribution in [-0.2, 0) is 4.74 Å². The van der Waals surface area contributed by atoms with Crippen LogP contribution in [0.2, 0.25) is 0 Å². The van der Waals surface area contributed by atoms with E-state index < -0.39 is 0 Å². The van der Waals surface area contributed by atoms with Crippen molar-refractivity contribution in [1.82, 2.24) is 15.2 Å². The summed E-state index contributed by atoms with van der Waals surface area (Å²) in [5, 5.41) is 3.46. The molecule has 0 saturated carbocycles. The zero-order chi connectivity index (χ0) is 14.7. The first kappa shape index (κ1) is 14.9. The maximum atomic E-state index is 14.1. The van der Waals surface area contributed by atoms with Crippen LogP contribution in [0.3, 0.4) is 0 Å². The van der Waals surface area contributed by atoms with Crippen LogP contribution in [0.25, 0.3) is 0 Å². The molecule has 21 heavy (non-hydrogen) atoms. The normalized spacial score (nSPS) is 27.5. The summed E-state index contributed by atoms with van der Waals surface area (Å²) in [7, 11) is 0. The summed E-state index contributed by atoms with van der Waals surface area (Å²) in [5.74, 6) is -0.252. The Labute approximate surface area is 125 Å². The second kappa shape index (κ2) is 6.81. The molecule has 1 aromatic rings. The number of halogens is 1. The standard InChI is InChI=1S/C16H24FN3O/c1-2-6-19-16(13-5-7-18-9-14(13)17)15-10-20-8-3-4-12(20)11-21-15/h5,7,9,12,15-16,19H,2-4,6,8,10-11H2,1H3. The average molecular weight is 293 g/mol. The number of morpholine rings is 1. The van der Waals surface area contributed by atoms with Gasteiger partial charge in [-0.25, -0.2) is 4.39 Å². The Morgan fingerprint density at radius 3 is 3.29 bits per heavy atom. The molecule has 3 heterocycles. The Hall–Kier alpha value is -1.04. The van der Waals surface area contributed by atoms with E-state index in [1.807, 2.05) is 0 Å². The fourth-order valence-corrected chi connectivity index (χ4v) is 3.42. The van der Waals surface area contributed by atoms with Crippen molar-refractivity contribution in [3.05, 3.63) is 29.8 Å². The number of hydrogen-bond acceptors (Lipinski definition) is 4. The van der Waals surface area contributed by atoms with Gasteiger partial charge in [-0.05, 0) is 38.4 Å². The van der Waals surface area contributed by atoms with Gasteiger partial charge in [-0.15, -0.1) is 0 Å². The molecule has 1 aromatic heterocycles. The van der Waals surface area contributed by atoms with Crippen LogP contribution in [0.15, 0.2) is 18.5 Å². The molecule has 0 aromatic carbocycles. The molecular weight excluding hydrogens is 269 g/mol. The van der Waals surface area contributed by atoms with Crippen LogP contribution in [0.1, 0.15) is 37.8 Å². The lowest BCUT2D eigenvalue weighted by atomic mass is 9.99. The third-order valence-corrected chi connectivity index (χ3v) is 4.54. The van der Waals surface area contributed by atoms with Crippen molar-refractivity contribution in [2.75, 3.05) is 26.2 Å². The monoisotopic (exact) mass is 293 g/mol. The van der Waals surface area contributed by atoms with Gasteiger partial charge in [0.1, 0.15) is 5.82 Å². The summed E-state index contributed by atoms with van der Waals surface area (Å²) in [5.41, 5.74) is 0.668. The molecule has 2 aliphatic heterocycles. The van der Waals surface area contributed by atoms with Crippen molar-refractivity contribution in [1.29, 1.82) is 0 Å².